The summed E-state index contributed by atoms with van der Waals surface area (Å²) in [5.74, 6) is -0.715. The van der Waals surface area contributed by atoms with Gasteiger partial charge in [-0.25, -0.2) is 0 Å². The number of nitrogens with zero attached hydrogens (tertiary/aromatic N) is 3. The lowest BCUT2D eigenvalue weighted by Gasteiger charge is -2.35. The molecule has 3 heterocycles. The molecule has 1 atom stereocenters. The third kappa shape index (κ3) is 7.95. The summed E-state index contributed by atoms with van der Waals surface area (Å²) < 4.78 is 44.2. The summed E-state index contributed by atoms with van der Waals surface area (Å²) in [7, 11) is 1.71. The lowest BCUT2D eigenvalue weighted by atomic mass is 9.82. The van der Waals surface area contributed by atoms with Crippen molar-refractivity contribution in [2.24, 2.45) is 0 Å². The summed E-state index contributed by atoms with van der Waals surface area (Å²) in [5, 5.41) is 5.36. The Bertz CT molecular complexity index is 1310. The van der Waals surface area contributed by atoms with Crippen LogP contribution in [0.15, 0.2) is 42.6 Å². The molecule has 3 fully saturated rings. The Balaban J connectivity index is 1.02. The van der Waals surface area contributed by atoms with Crippen molar-refractivity contribution >= 4 is 17.7 Å². The van der Waals surface area contributed by atoms with E-state index in [9.17, 15) is 27.6 Å². The highest BCUT2D eigenvalue weighted by molar-refractivity contribution is 5.96. The molecule has 3 aliphatic rings. The maximum absolute atomic E-state index is 12.9. The normalized spacial score (nSPS) is 23.4. The van der Waals surface area contributed by atoms with Crippen LogP contribution in [-0.2, 0) is 15.7 Å². The minimum atomic E-state index is -4.55. The Morgan fingerprint density at radius 3 is 2.39 bits per heavy atom. The fraction of sp³-hybridized carbons (Fsp3) is 0.562. The van der Waals surface area contributed by atoms with Crippen molar-refractivity contribution in [2.45, 2.75) is 75.2 Å². The van der Waals surface area contributed by atoms with E-state index in [0.717, 1.165) is 75.7 Å². The third-order valence-corrected chi connectivity index (χ3v) is 9.20. The predicted molar refractivity (Wildman–Crippen MR) is 157 cm³/mol. The summed E-state index contributed by atoms with van der Waals surface area (Å²) in [5.41, 5.74) is 0.593. The van der Waals surface area contributed by atoms with Gasteiger partial charge in [0.2, 0.25) is 5.91 Å². The molecule has 0 bridgehead atoms. The minimum Gasteiger partial charge on any atom is -0.381 e. The molecule has 1 saturated carbocycles. The molecule has 44 heavy (non-hydrogen) atoms. The molecule has 2 N–H and O–H groups in total. The van der Waals surface area contributed by atoms with Crippen molar-refractivity contribution in [3.8, 4) is 0 Å². The number of carbonyl (C=O) groups excluding carboxylic acids is 3. The Hall–Kier alpha value is -3.51. The van der Waals surface area contributed by atoms with Crippen LogP contribution in [0.1, 0.15) is 82.8 Å². The number of amides is 3. The number of methoxy groups -OCH3 is 1. The fourth-order valence-corrected chi connectivity index (χ4v) is 6.62. The molecule has 0 spiro atoms. The molecule has 0 radical (unpaired) electrons. The number of carbonyl (C=O) groups is 3. The average molecular weight is 616 g/mol. The second-order valence-electron chi connectivity index (χ2n) is 12.0. The number of ether oxygens (including phenoxy) is 1. The maximum atomic E-state index is 12.9. The van der Waals surface area contributed by atoms with E-state index < -0.39 is 17.6 Å². The van der Waals surface area contributed by atoms with Crippen molar-refractivity contribution in [1.82, 2.24) is 25.4 Å². The van der Waals surface area contributed by atoms with E-state index in [4.69, 9.17) is 4.74 Å². The van der Waals surface area contributed by atoms with Gasteiger partial charge in [-0.15, -0.1) is 0 Å². The van der Waals surface area contributed by atoms with Crippen LogP contribution in [0.5, 0.6) is 0 Å². The van der Waals surface area contributed by atoms with Gasteiger partial charge in [-0.3, -0.25) is 24.3 Å². The number of halogens is 3. The van der Waals surface area contributed by atoms with Gasteiger partial charge in [-0.1, -0.05) is 12.1 Å². The van der Waals surface area contributed by atoms with Crippen LogP contribution in [0.4, 0.5) is 13.2 Å². The lowest BCUT2D eigenvalue weighted by Crippen LogP contribution is -2.44. The molecule has 12 heteroatoms. The zero-order valence-electron chi connectivity index (χ0n) is 24.9. The van der Waals surface area contributed by atoms with Gasteiger partial charge in [0.1, 0.15) is 5.69 Å². The van der Waals surface area contributed by atoms with Gasteiger partial charge >= 0.3 is 6.18 Å². The minimum absolute atomic E-state index is 0.0245. The molecule has 0 unspecified atom stereocenters. The molecule has 2 saturated heterocycles. The van der Waals surface area contributed by atoms with Crippen molar-refractivity contribution in [1.29, 1.82) is 0 Å². The van der Waals surface area contributed by atoms with Crippen molar-refractivity contribution in [3.05, 3.63) is 65.0 Å². The van der Waals surface area contributed by atoms with Gasteiger partial charge < -0.3 is 20.3 Å². The van der Waals surface area contributed by atoms with E-state index in [1.807, 2.05) is 23.2 Å². The SMILES string of the molecule is COC1CCN(C(=O)c2ccc(C3CCC(N4CC[C@@H](NC(=O)CNC(=O)c5cccc(C(F)(F)F)c5)C4)CC3)cn2)CC1. The Morgan fingerprint density at radius 1 is 0.977 bits per heavy atom. The number of benzene rings is 1. The van der Waals surface area contributed by atoms with Crippen molar-refractivity contribution < 1.29 is 32.3 Å². The molecule has 3 amide bonds. The first-order valence-corrected chi connectivity index (χ1v) is 15.4. The second-order valence-corrected chi connectivity index (χ2v) is 12.0. The predicted octanol–water partition coefficient (Wildman–Crippen LogP) is 4.00. The van der Waals surface area contributed by atoms with E-state index in [2.05, 4.69) is 20.5 Å². The molecule has 5 rings (SSSR count). The zero-order valence-corrected chi connectivity index (χ0v) is 24.9. The van der Waals surface area contributed by atoms with Crippen LogP contribution in [-0.4, -0.2) is 90.5 Å². The number of alkyl halides is 3. The summed E-state index contributed by atoms with van der Waals surface area (Å²) in [6, 6.07) is 8.40. The highest BCUT2D eigenvalue weighted by Gasteiger charge is 2.33. The van der Waals surface area contributed by atoms with Crippen LogP contribution in [0.2, 0.25) is 0 Å². The number of hydrogen-bond donors (Lipinski definition) is 2. The van der Waals surface area contributed by atoms with E-state index in [1.54, 1.807) is 7.11 Å². The number of piperidine rings is 1. The van der Waals surface area contributed by atoms with Crippen LogP contribution in [0.25, 0.3) is 0 Å². The number of likely N-dealkylation sites (tertiary alicyclic amines) is 2. The third-order valence-electron chi connectivity index (χ3n) is 9.20. The molecule has 1 aliphatic carbocycles. The average Bonchev–Trinajstić information content (AvgIpc) is 3.51. The molecule has 2 aromatic rings. The quantitative estimate of drug-likeness (QED) is 0.466. The van der Waals surface area contributed by atoms with Crippen LogP contribution >= 0.6 is 0 Å². The molecule has 2 aliphatic heterocycles. The first kappa shape index (κ1) is 31.9. The first-order valence-electron chi connectivity index (χ1n) is 15.4. The zero-order chi connectivity index (χ0) is 31.3. The highest BCUT2D eigenvalue weighted by Crippen LogP contribution is 2.36. The summed E-state index contributed by atoms with van der Waals surface area (Å²) in [6.07, 6.45) is 4.14. The fourth-order valence-electron chi connectivity index (χ4n) is 6.62. The summed E-state index contributed by atoms with van der Waals surface area (Å²) >= 11 is 0. The standard InChI is InChI=1S/C32H40F3N5O4/c1-44-27-12-15-39(16-13-27)31(43)28-10-7-23(18-36-28)21-5-8-26(9-6-21)40-14-11-25(20-40)38-29(41)19-37-30(42)22-3-2-4-24(17-22)32(33,34)35/h2-4,7,10,17-18,21,25-27H,5-6,8-9,11-16,19-20H2,1H3,(H,37,42)(H,38,41)/t21?,25-,26?/m1/s1. The topological polar surface area (TPSA) is 104 Å². The van der Waals surface area contributed by atoms with Crippen molar-refractivity contribution in [2.75, 3.05) is 39.8 Å². The largest absolute Gasteiger partial charge is 0.416 e. The van der Waals surface area contributed by atoms with E-state index >= 15 is 0 Å². The maximum Gasteiger partial charge on any atom is 0.416 e. The molecular formula is C32H40F3N5O4. The molecule has 238 valence electrons. The van der Waals surface area contributed by atoms with Crippen LogP contribution in [0.3, 0.4) is 0 Å². The van der Waals surface area contributed by atoms with E-state index in [1.165, 1.54) is 12.1 Å². The number of nitrogens with one attached hydrogen (secondary N) is 2. The smallest absolute Gasteiger partial charge is 0.381 e. The van der Waals surface area contributed by atoms with Gasteiger partial charge in [0, 0.05) is 57.1 Å². The van der Waals surface area contributed by atoms with Gasteiger partial charge in [0.05, 0.1) is 18.2 Å². The van der Waals surface area contributed by atoms with E-state index in [-0.39, 0.29) is 36.1 Å². The Kier molecular flexibility index (Phi) is 10.2. The number of pyridine rings is 1. The Morgan fingerprint density at radius 2 is 1.73 bits per heavy atom. The van der Waals surface area contributed by atoms with E-state index in [0.29, 0.717) is 30.7 Å². The molecule has 1 aromatic carbocycles. The molecule has 9 nitrogen and oxygen atoms in total. The van der Waals surface area contributed by atoms with Crippen molar-refractivity contribution in [3.63, 3.8) is 0 Å². The number of hydrogen-bond acceptors (Lipinski definition) is 6. The molecule has 1 aromatic heterocycles. The van der Waals surface area contributed by atoms with Gasteiger partial charge in [0.25, 0.3) is 11.8 Å². The summed E-state index contributed by atoms with van der Waals surface area (Å²) in [4.78, 5) is 46.4. The van der Waals surface area contributed by atoms with Gasteiger partial charge in [0.15, 0.2) is 0 Å². The summed E-state index contributed by atoms with van der Waals surface area (Å²) in [6.45, 7) is 2.66. The van der Waals surface area contributed by atoms with Gasteiger partial charge in [-0.2, -0.15) is 13.2 Å². The first-order chi connectivity index (χ1) is 21.1. The highest BCUT2D eigenvalue weighted by atomic mass is 19.4. The van der Waals surface area contributed by atoms with Gasteiger partial charge in [-0.05, 0) is 80.7 Å². The lowest BCUT2D eigenvalue weighted by molar-refractivity contribution is -0.137. The monoisotopic (exact) mass is 615 g/mol. The molecular weight excluding hydrogens is 575 g/mol. The van der Waals surface area contributed by atoms with Crippen LogP contribution in [0, 0.1) is 0 Å². The number of aromatic nitrogens is 1. The second kappa shape index (κ2) is 14.1. The van der Waals surface area contributed by atoms with Crippen LogP contribution < -0.4 is 10.6 Å². The number of rotatable bonds is 8. The Labute approximate surface area is 255 Å².